The number of aromatic hydroxyl groups is 1. The zero-order valence-electron chi connectivity index (χ0n) is 16.7. The van der Waals surface area contributed by atoms with Gasteiger partial charge in [-0.1, -0.05) is 12.1 Å². The van der Waals surface area contributed by atoms with E-state index in [1.807, 2.05) is 0 Å². The van der Waals surface area contributed by atoms with Crippen LogP contribution in [-0.4, -0.2) is 61.7 Å². The van der Waals surface area contributed by atoms with E-state index in [4.69, 9.17) is 4.74 Å². The number of rotatable bonds is 5. The van der Waals surface area contributed by atoms with E-state index in [1.165, 1.54) is 28.8 Å². The quantitative estimate of drug-likeness (QED) is 0.623. The van der Waals surface area contributed by atoms with Crippen LogP contribution in [0.2, 0.25) is 0 Å². The number of carbonyl (C=O) groups excluding carboxylic acids is 2. The van der Waals surface area contributed by atoms with Crippen LogP contribution in [0.5, 0.6) is 11.5 Å². The van der Waals surface area contributed by atoms with E-state index in [0.29, 0.717) is 17.7 Å². The van der Waals surface area contributed by atoms with Gasteiger partial charge >= 0.3 is 5.97 Å². The highest BCUT2D eigenvalue weighted by molar-refractivity contribution is 8.01. The lowest BCUT2D eigenvalue weighted by Gasteiger charge is -2.43. The summed E-state index contributed by atoms with van der Waals surface area (Å²) < 4.78 is 4.94. The highest BCUT2D eigenvalue weighted by Gasteiger charge is 2.64. The molecular formula is C21H22N2O6S. The molecule has 0 spiro atoms. The number of hydrogen-bond donors (Lipinski definition) is 3. The Labute approximate surface area is 177 Å². The number of benzene rings is 2. The summed E-state index contributed by atoms with van der Waals surface area (Å²) in [6.07, 6.45) is 0. The summed E-state index contributed by atoms with van der Waals surface area (Å²) >= 11 is 1.36. The molecule has 2 aromatic carbocycles. The second kappa shape index (κ2) is 7.09. The van der Waals surface area contributed by atoms with Crippen LogP contribution in [-0.2, 0) is 9.59 Å². The van der Waals surface area contributed by atoms with Gasteiger partial charge in [0.15, 0.2) is 0 Å². The van der Waals surface area contributed by atoms with Crippen molar-refractivity contribution in [2.45, 2.75) is 43.0 Å². The Kier molecular flexibility index (Phi) is 4.80. The summed E-state index contributed by atoms with van der Waals surface area (Å²) in [4.78, 5) is 38.9. The topological polar surface area (TPSA) is 116 Å². The summed E-state index contributed by atoms with van der Waals surface area (Å²) in [5.74, 6) is -1.63. The van der Waals surface area contributed by atoms with E-state index in [0.717, 1.165) is 5.39 Å². The molecule has 158 valence electrons. The average Bonchev–Trinajstić information content (AvgIpc) is 2.94. The lowest BCUT2D eigenvalue weighted by Crippen LogP contribution is -2.70. The minimum absolute atomic E-state index is 0.00786. The van der Waals surface area contributed by atoms with Crippen molar-refractivity contribution in [3.05, 3.63) is 35.9 Å². The van der Waals surface area contributed by atoms with Gasteiger partial charge in [-0.05, 0) is 44.4 Å². The van der Waals surface area contributed by atoms with Crippen molar-refractivity contribution in [3.8, 4) is 11.5 Å². The molecule has 2 amide bonds. The van der Waals surface area contributed by atoms with Crippen molar-refractivity contribution in [3.63, 3.8) is 0 Å². The number of phenols is 1. The van der Waals surface area contributed by atoms with E-state index in [1.54, 1.807) is 39.0 Å². The third-order valence-electron chi connectivity index (χ3n) is 5.46. The SMILES string of the molecule is CCOc1ccc2ccc(O)cc2c1C(=O)N[C@@H]1C(=O)N2[C@@H]1SC(C)(C)[C@@H]2C(=O)O. The predicted octanol–water partition coefficient (Wildman–Crippen LogP) is 2.19. The van der Waals surface area contributed by atoms with Crippen LogP contribution >= 0.6 is 11.8 Å². The van der Waals surface area contributed by atoms with E-state index < -0.39 is 40.0 Å². The van der Waals surface area contributed by atoms with Gasteiger partial charge in [-0.2, -0.15) is 0 Å². The molecule has 4 rings (SSSR count). The molecule has 0 saturated carbocycles. The maximum absolute atomic E-state index is 13.2. The van der Waals surface area contributed by atoms with Crippen LogP contribution in [0.25, 0.3) is 10.8 Å². The van der Waals surface area contributed by atoms with E-state index in [-0.39, 0.29) is 11.3 Å². The number of hydrogen-bond acceptors (Lipinski definition) is 6. The number of carboxylic acids is 1. The lowest BCUT2D eigenvalue weighted by atomic mass is 9.95. The Morgan fingerprint density at radius 2 is 1.97 bits per heavy atom. The first kappa shape index (κ1) is 20.3. The zero-order chi connectivity index (χ0) is 21.8. The van der Waals surface area contributed by atoms with Crippen LogP contribution in [0.4, 0.5) is 0 Å². The molecule has 3 atom stereocenters. The first-order chi connectivity index (χ1) is 14.2. The van der Waals surface area contributed by atoms with E-state index >= 15 is 0 Å². The third kappa shape index (κ3) is 3.04. The summed E-state index contributed by atoms with van der Waals surface area (Å²) in [5.41, 5.74) is 0.230. The Morgan fingerprint density at radius 1 is 1.27 bits per heavy atom. The van der Waals surface area contributed by atoms with Gasteiger partial charge in [0.25, 0.3) is 5.91 Å². The summed E-state index contributed by atoms with van der Waals surface area (Å²) in [7, 11) is 0. The number of β-lactam (4-membered cyclic amide) rings is 1. The number of fused-ring (bicyclic) bond motifs is 2. The molecule has 2 saturated heterocycles. The molecule has 3 N–H and O–H groups in total. The standard InChI is InChI=1S/C21H22N2O6S/c1-4-29-13-8-6-10-5-7-11(24)9-12(10)14(13)17(25)22-15-18(26)23-16(20(27)28)21(2,3)30-19(15)23/h5-9,15-16,19,24H,4H2,1-3H3,(H,22,25)(H,27,28)/t15-,16+,19-/m1/s1. The summed E-state index contributed by atoms with van der Waals surface area (Å²) in [6, 6.07) is 6.41. The van der Waals surface area contributed by atoms with Gasteiger partial charge < -0.3 is 25.2 Å². The van der Waals surface area contributed by atoms with Crippen LogP contribution in [0.3, 0.4) is 0 Å². The van der Waals surface area contributed by atoms with Crippen molar-refractivity contribution in [1.29, 1.82) is 0 Å². The van der Waals surface area contributed by atoms with Crippen molar-refractivity contribution >= 4 is 40.3 Å². The van der Waals surface area contributed by atoms with Crippen LogP contribution in [0, 0.1) is 0 Å². The first-order valence-corrected chi connectivity index (χ1v) is 10.5. The Balaban J connectivity index is 1.66. The maximum Gasteiger partial charge on any atom is 0.327 e. The van der Waals surface area contributed by atoms with Gasteiger partial charge in [0.1, 0.15) is 29.0 Å². The Bertz CT molecular complexity index is 1070. The number of ether oxygens (including phenoxy) is 1. The number of phenolic OH excluding ortho intramolecular Hbond substituents is 1. The lowest BCUT2D eigenvalue weighted by molar-refractivity contribution is -0.159. The number of nitrogens with one attached hydrogen (secondary N) is 1. The molecule has 2 fully saturated rings. The van der Waals surface area contributed by atoms with Gasteiger partial charge in [0.2, 0.25) is 5.91 Å². The molecule has 30 heavy (non-hydrogen) atoms. The normalized spacial score (nSPS) is 24.3. The number of thioether (sulfide) groups is 1. The smallest absolute Gasteiger partial charge is 0.327 e. The van der Waals surface area contributed by atoms with Gasteiger partial charge in [0.05, 0.1) is 12.2 Å². The molecule has 0 aromatic heterocycles. The minimum atomic E-state index is -1.06. The van der Waals surface area contributed by atoms with E-state index in [2.05, 4.69) is 5.32 Å². The second-order valence-corrected chi connectivity index (χ2v) is 9.60. The zero-order valence-corrected chi connectivity index (χ0v) is 17.5. The van der Waals surface area contributed by atoms with Crippen molar-refractivity contribution in [2.75, 3.05) is 6.61 Å². The van der Waals surface area contributed by atoms with Gasteiger partial charge in [-0.25, -0.2) is 4.79 Å². The molecule has 0 radical (unpaired) electrons. The van der Waals surface area contributed by atoms with Crippen molar-refractivity contribution in [2.24, 2.45) is 0 Å². The first-order valence-electron chi connectivity index (χ1n) is 9.58. The van der Waals surface area contributed by atoms with Gasteiger partial charge in [-0.3, -0.25) is 9.59 Å². The molecule has 0 unspecified atom stereocenters. The number of aliphatic carboxylic acids is 1. The maximum atomic E-state index is 13.2. The molecule has 2 heterocycles. The molecular weight excluding hydrogens is 408 g/mol. The summed E-state index contributed by atoms with van der Waals surface area (Å²) in [5, 5.41) is 23.0. The minimum Gasteiger partial charge on any atom is -0.508 e. The van der Waals surface area contributed by atoms with Crippen LogP contribution < -0.4 is 10.1 Å². The second-order valence-electron chi connectivity index (χ2n) is 7.83. The van der Waals surface area contributed by atoms with Crippen molar-refractivity contribution in [1.82, 2.24) is 10.2 Å². The average molecular weight is 430 g/mol. The number of carbonyl (C=O) groups is 3. The van der Waals surface area contributed by atoms with E-state index in [9.17, 15) is 24.6 Å². The highest BCUT2D eigenvalue weighted by atomic mass is 32.2. The predicted molar refractivity (Wildman–Crippen MR) is 112 cm³/mol. The number of carboxylic acid groups (broad SMARTS) is 1. The van der Waals surface area contributed by atoms with Crippen LogP contribution in [0.1, 0.15) is 31.1 Å². The molecule has 2 aromatic rings. The number of nitrogens with zero attached hydrogens (tertiary/aromatic N) is 1. The molecule has 9 heteroatoms. The monoisotopic (exact) mass is 430 g/mol. The van der Waals surface area contributed by atoms with Crippen molar-refractivity contribution < 1.29 is 29.3 Å². The molecule has 2 aliphatic heterocycles. The van der Waals surface area contributed by atoms with Gasteiger partial charge in [0, 0.05) is 10.1 Å². The fourth-order valence-corrected chi connectivity index (χ4v) is 5.78. The largest absolute Gasteiger partial charge is 0.508 e. The molecule has 0 aliphatic carbocycles. The van der Waals surface area contributed by atoms with Gasteiger partial charge in [-0.15, -0.1) is 11.8 Å². The molecule has 8 nitrogen and oxygen atoms in total. The third-order valence-corrected chi connectivity index (χ3v) is 7.03. The Morgan fingerprint density at radius 3 is 2.63 bits per heavy atom. The fourth-order valence-electron chi connectivity index (χ4n) is 4.16. The molecule has 2 aliphatic rings. The highest BCUT2D eigenvalue weighted by Crippen LogP contribution is 2.50. The fraction of sp³-hybridized carbons (Fsp3) is 0.381. The van der Waals surface area contributed by atoms with Crippen LogP contribution in [0.15, 0.2) is 30.3 Å². The number of amides is 2. The Hall–Kier alpha value is -2.94. The summed E-state index contributed by atoms with van der Waals surface area (Å²) in [6.45, 7) is 5.70. The molecule has 0 bridgehead atoms.